The van der Waals surface area contributed by atoms with Gasteiger partial charge in [0, 0.05) is 6.61 Å². The quantitative estimate of drug-likeness (QED) is 0.356. The number of carbonyl (C=O) groups is 1. The summed E-state index contributed by atoms with van der Waals surface area (Å²) in [4.78, 5) is 13.6. The molecule has 2 aliphatic carbocycles. The Morgan fingerprint density at radius 2 is 1.80 bits per heavy atom. The van der Waals surface area contributed by atoms with E-state index in [0.29, 0.717) is 6.61 Å². The van der Waals surface area contributed by atoms with E-state index in [1.54, 1.807) is 17.4 Å². The zero-order chi connectivity index (χ0) is 25.3. The molecule has 182 valence electrons. The second kappa shape index (κ2) is 9.85. The van der Waals surface area contributed by atoms with Gasteiger partial charge in [-0.3, -0.25) is 4.79 Å². The Kier molecular flexibility index (Phi) is 7.19. The first-order valence-electron chi connectivity index (χ1n) is 12.3. The Hall–Kier alpha value is -2.53. The minimum Gasteiger partial charge on any atom is -0.416 e. The monoisotopic (exact) mass is 500 g/mol. The van der Waals surface area contributed by atoms with Gasteiger partial charge >= 0.3 is 0 Å². The fourth-order valence-corrected chi connectivity index (χ4v) is 6.13. The van der Waals surface area contributed by atoms with Crippen molar-refractivity contribution in [3.8, 4) is 0 Å². The molecule has 0 N–H and O–H groups in total. The highest BCUT2D eigenvalue weighted by molar-refractivity contribution is 7.08. The lowest BCUT2D eigenvalue weighted by Gasteiger charge is -2.36. The fourth-order valence-electron chi connectivity index (χ4n) is 4.43. The van der Waals surface area contributed by atoms with E-state index in [1.165, 1.54) is 11.1 Å². The molecule has 1 spiro atoms. The highest BCUT2D eigenvalue weighted by Gasteiger charge is 2.47. The summed E-state index contributed by atoms with van der Waals surface area (Å²) in [6.07, 6.45) is 15.0. The first-order valence-corrected chi connectivity index (χ1v) is 16.2. The summed E-state index contributed by atoms with van der Waals surface area (Å²) < 4.78 is 6.55. The molecule has 0 aliphatic heterocycles. The van der Waals surface area contributed by atoms with Crippen LogP contribution in [0.15, 0.2) is 88.7 Å². The van der Waals surface area contributed by atoms with Crippen molar-refractivity contribution in [2.75, 3.05) is 6.61 Å². The molecule has 35 heavy (non-hydrogen) atoms. The average Bonchev–Trinajstić information content (AvgIpc) is 3.42. The van der Waals surface area contributed by atoms with Gasteiger partial charge in [0.15, 0.2) is 14.1 Å². The Morgan fingerprint density at radius 3 is 2.43 bits per heavy atom. The van der Waals surface area contributed by atoms with Gasteiger partial charge in [0.05, 0.1) is 0 Å². The molecule has 4 rings (SSSR count). The number of hydrogen-bond acceptors (Lipinski definition) is 3. The zero-order valence-electron chi connectivity index (χ0n) is 21.7. The minimum absolute atomic E-state index is 0.112. The summed E-state index contributed by atoms with van der Waals surface area (Å²) in [6.45, 7) is 14.1. The third-order valence-corrected chi connectivity index (χ3v) is 12.8. The number of aryl methyl sites for hydroxylation is 1. The number of carbonyl (C=O) groups excluding carboxylic acids is 1. The maximum Gasteiger partial charge on any atom is 0.191 e. The molecular formula is C31H36O2SSi. The number of rotatable bonds is 7. The predicted molar refractivity (Wildman–Crippen MR) is 153 cm³/mol. The van der Waals surface area contributed by atoms with Crippen molar-refractivity contribution in [2.45, 2.75) is 52.2 Å². The normalized spacial score (nSPS) is 20.5. The highest BCUT2D eigenvalue weighted by Crippen LogP contribution is 2.53. The molecule has 0 amide bonds. The van der Waals surface area contributed by atoms with Crippen LogP contribution in [0, 0.1) is 12.3 Å². The van der Waals surface area contributed by atoms with Crippen LogP contribution in [-0.4, -0.2) is 20.7 Å². The first-order chi connectivity index (χ1) is 16.5. The lowest BCUT2D eigenvalue weighted by atomic mass is 9.69. The zero-order valence-corrected chi connectivity index (χ0v) is 23.5. The number of hydrogen-bond donors (Lipinski definition) is 0. The fraction of sp³-hybridized carbons (Fsp3) is 0.323. The van der Waals surface area contributed by atoms with Gasteiger partial charge in [0.1, 0.15) is 5.41 Å². The number of benzene rings is 1. The van der Waals surface area contributed by atoms with E-state index in [1.807, 2.05) is 12.2 Å². The average molecular weight is 501 g/mol. The Bertz CT molecular complexity index is 1230. The van der Waals surface area contributed by atoms with Gasteiger partial charge in [0.2, 0.25) is 0 Å². The molecule has 1 heterocycles. The van der Waals surface area contributed by atoms with Crippen LogP contribution >= 0.6 is 11.3 Å². The molecule has 1 unspecified atom stereocenters. The topological polar surface area (TPSA) is 26.3 Å². The van der Waals surface area contributed by atoms with E-state index in [4.69, 9.17) is 4.43 Å². The Morgan fingerprint density at radius 1 is 1.06 bits per heavy atom. The molecule has 1 aromatic carbocycles. The van der Waals surface area contributed by atoms with Crippen LogP contribution in [0.25, 0.3) is 11.6 Å². The van der Waals surface area contributed by atoms with E-state index in [0.717, 1.165) is 28.7 Å². The van der Waals surface area contributed by atoms with Crippen molar-refractivity contribution in [2.24, 2.45) is 5.41 Å². The van der Waals surface area contributed by atoms with Gasteiger partial charge in [-0.1, -0.05) is 87.1 Å². The molecule has 2 aromatic rings. The molecule has 1 aromatic heterocycles. The third kappa shape index (κ3) is 5.06. The van der Waals surface area contributed by atoms with E-state index in [-0.39, 0.29) is 10.8 Å². The van der Waals surface area contributed by atoms with E-state index >= 15 is 0 Å². The van der Waals surface area contributed by atoms with Crippen LogP contribution in [-0.2, 0) is 9.22 Å². The van der Waals surface area contributed by atoms with Crippen LogP contribution < -0.4 is 0 Å². The maximum absolute atomic E-state index is 13.6. The molecule has 0 saturated carbocycles. The third-order valence-electron chi connectivity index (χ3n) is 7.60. The molecule has 4 heteroatoms. The van der Waals surface area contributed by atoms with Crippen molar-refractivity contribution < 1.29 is 9.22 Å². The summed E-state index contributed by atoms with van der Waals surface area (Å²) in [5.41, 5.74) is 6.00. The highest BCUT2D eigenvalue weighted by atomic mass is 32.1. The minimum atomic E-state index is -1.86. The second-order valence-corrected chi connectivity index (χ2v) is 16.6. The lowest BCUT2D eigenvalue weighted by Crippen LogP contribution is -2.41. The largest absolute Gasteiger partial charge is 0.416 e. The Labute approximate surface area is 215 Å². The van der Waals surface area contributed by atoms with Crippen molar-refractivity contribution >= 4 is 37.1 Å². The molecule has 0 bridgehead atoms. The molecular weight excluding hydrogens is 464 g/mol. The van der Waals surface area contributed by atoms with E-state index in [2.05, 4.69) is 106 Å². The molecule has 0 radical (unpaired) electrons. The summed E-state index contributed by atoms with van der Waals surface area (Å²) in [7, 11) is -1.86. The summed E-state index contributed by atoms with van der Waals surface area (Å²) >= 11 is 1.66. The standard InChI is InChI=1S/C31H36O2SSi/c1-23-10-12-24(13-11-23)14-15-27-25(16-19-33-35(5,6)30(2,3)4)21-28(26-17-20-34-22-26)31(27)18-8-7-9-29(31)32/h7-15,17-18,20-22H,16,19H2,1-6H3/b15-14+. The van der Waals surface area contributed by atoms with Crippen LogP contribution in [0.1, 0.15) is 43.9 Å². The second-order valence-electron chi connectivity index (χ2n) is 11.0. The van der Waals surface area contributed by atoms with Gasteiger partial charge in [-0.25, -0.2) is 0 Å². The van der Waals surface area contributed by atoms with Crippen molar-refractivity contribution in [3.05, 3.63) is 105 Å². The van der Waals surface area contributed by atoms with Gasteiger partial charge in [-0.2, -0.15) is 11.3 Å². The van der Waals surface area contributed by atoms with Crippen LogP contribution in [0.2, 0.25) is 18.1 Å². The van der Waals surface area contributed by atoms with Gasteiger partial charge in [0.25, 0.3) is 0 Å². The lowest BCUT2D eigenvalue weighted by molar-refractivity contribution is -0.118. The molecule has 1 atom stereocenters. The van der Waals surface area contributed by atoms with Crippen molar-refractivity contribution in [3.63, 3.8) is 0 Å². The smallest absolute Gasteiger partial charge is 0.191 e. The van der Waals surface area contributed by atoms with Crippen molar-refractivity contribution in [1.82, 2.24) is 0 Å². The number of ketones is 1. The number of allylic oxidation sites excluding steroid dienone is 8. The number of thiophene rings is 1. The van der Waals surface area contributed by atoms with Crippen LogP contribution in [0.5, 0.6) is 0 Å². The van der Waals surface area contributed by atoms with Gasteiger partial charge in [-0.05, 0) is 82.2 Å². The van der Waals surface area contributed by atoms with E-state index in [9.17, 15) is 4.79 Å². The molecule has 2 aliphatic rings. The summed E-state index contributed by atoms with van der Waals surface area (Å²) in [5, 5.41) is 4.39. The van der Waals surface area contributed by atoms with Crippen LogP contribution in [0.4, 0.5) is 0 Å². The molecule has 2 nitrogen and oxygen atoms in total. The van der Waals surface area contributed by atoms with Gasteiger partial charge < -0.3 is 4.43 Å². The van der Waals surface area contributed by atoms with E-state index < -0.39 is 13.7 Å². The molecule has 0 saturated heterocycles. The Balaban J connectivity index is 1.76. The summed E-state index contributed by atoms with van der Waals surface area (Å²) in [6, 6.07) is 10.6. The van der Waals surface area contributed by atoms with Gasteiger partial charge in [-0.15, -0.1) is 0 Å². The first kappa shape index (κ1) is 25.6. The maximum atomic E-state index is 13.6. The summed E-state index contributed by atoms with van der Waals surface area (Å²) in [5.74, 6) is 0.112. The predicted octanol–water partition coefficient (Wildman–Crippen LogP) is 8.56. The van der Waals surface area contributed by atoms with Crippen LogP contribution in [0.3, 0.4) is 0 Å². The van der Waals surface area contributed by atoms with Crippen molar-refractivity contribution in [1.29, 1.82) is 0 Å². The molecule has 0 fully saturated rings. The SMILES string of the molecule is Cc1ccc(/C=C/C2=C(CCO[Si](C)(C)C(C)(C)C)C=C(c3ccsc3)C23C=CC=CC3=O)cc1.